The van der Waals surface area contributed by atoms with Crippen molar-refractivity contribution in [1.82, 2.24) is 14.8 Å². The second-order valence-electron chi connectivity index (χ2n) is 6.57. The lowest BCUT2D eigenvalue weighted by Crippen LogP contribution is -2.38. The first-order valence-electron chi connectivity index (χ1n) is 9.31. The largest absolute Gasteiger partial charge is 0.417 e. The summed E-state index contributed by atoms with van der Waals surface area (Å²) in [4.78, 5) is 14.6. The Balaban J connectivity index is 1.70. The van der Waals surface area contributed by atoms with Crippen LogP contribution in [0.15, 0.2) is 23.4 Å². The van der Waals surface area contributed by atoms with E-state index < -0.39 is 27.9 Å². The molecule has 1 aliphatic rings. The van der Waals surface area contributed by atoms with Gasteiger partial charge >= 0.3 is 6.18 Å². The van der Waals surface area contributed by atoms with E-state index in [4.69, 9.17) is 16.3 Å². The van der Waals surface area contributed by atoms with Crippen molar-refractivity contribution in [3.8, 4) is 0 Å². The highest BCUT2D eigenvalue weighted by Gasteiger charge is 2.33. The molecule has 1 aromatic heterocycles. The molecular formula is C18H21ClF3N5O2S. The quantitative estimate of drug-likeness (QED) is 0.654. The van der Waals surface area contributed by atoms with Gasteiger partial charge in [-0.25, -0.2) is 0 Å². The van der Waals surface area contributed by atoms with E-state index in [2.05, 4.69) is 20.4 Å². The third-order valence-electron chi connectivity index (χ3n) is 4.50. The molecule has 1 atom stereocenters. The standard InChI is InChI=1S/C18H21ClF3N5O2S/c1-3-27-16(26-6-8-29-9-7-26)24-25-17(27)30-11(2)15(28)23-12-4-5-14(19)13(10-12)18(20,21)22/h4-5,10-11H,3,6-9H2,1-2H3,(H,23,28). The number of nitrogens with zero attached hydrogens (tertiary/aromatic N) is 4. The number of amides is 1. The molecule has 12 heteroatoms. The van der Waals surface area contributed by atoms with Crippen LogP contribution in [0.1, 0.15) is 19.4 Å². The van der Waals surface area contributed by atoms with Gasteiger partial charge in [-0.15, -0.1) is 10.2 Å². The van der Waals surface area contributed by atoms with Crippen LogP contribution >= 0.6 is 23.4 Å². The number of alkyl halides is 3. The summed E-state index contributed by atoms with van der Waals surface area (Å²) in [5.74, 6) is 0.262. The molecule has 1 amide bonds. The highest BCUT2D eigenvalue weighted by atomic mass is 35.5. The van der Waals surface area contributed by atoms with E-state index in [0.29, 0.717) is 44.0 Å². The van der Waals surface area contributed by atoms with Crippen molar-refractivity contribution in [2.45, 2.75) is 37.0 Å². The summed E-state index contributed by atoms with van der Waals surface area (Å²) in [6.45, 7) is 6.85. The zero-order valence-electron chi connectivity index (χ0n) is 16.4. The minimum Gasteiger partial charge on any atom is -0.378 e. The summed E-state index contributed by atoms with van der Waals surface area (Å²) in [5, 5.41) is 10.5. The summed E-state index contributed by atoms with van der Waals surface area (Å²) in [5.41, 5.74) is -0.974. The zero-order valence-corrected chi connectivity index (χ0v) is 17.9. The van der Waals surface area contributed by atoms with Crippen molar-refractivity contribution in [3.63, 3.8) is 0 Å². The summed E-state index contributed by atoms with van der Waals surface area (Å²) in [7, 11) is 0. The number of benzene rings is 1. The highest BCUT2D eigenvalue weighted by molar-refractivity contribution is 8.00. The first kappa shape index (κ1) is 22.7. The number of rotatable bonds is 6. The smallest absolute Gasteiger partial charge is 0.378 e. The molecule has 0 aliphatic carbocycles. The fraction of sp³-hybridized carbons (Fsp3) is 0.500. The zero-order chi connectivity index (χ0) is 21.9. The van der Waals surface area contributed by atoms with Crippen LogP contribution in [0.3, 0.4) is 0 Å². The Morgan fingerprint density at radius 3 is 2.67 bits per heavy atom. The number of anilines is 2. The van der Waals surface area contributed by atoms with E-state index >= 15 is 0 Å². The molecule has 1 saturated heterocycles. The van der Waals surface area contributed by atoms with Crippen LogP contribution in [0.2, 0.25) is 5.02 Å². The van der Waals surface area contributed by atoms with Crippen molar-refractivity contribution in [2.75, 3.05) is 36.5 Å². The molecule has 1 aromatic carbocycles. The third-order valence-corrected chi connectivity index (χ3v) is 5.91. The molecule has 1 N–H and O–H groups in total. The number of thioether (sulfide) groups is 1. The number of nitrogens with one attached hydrogen (secondary N) is 1. The van der Waals surface area contributed by atoms with E-state index in [1.807, 2.05) is 11.5 Å². The van der Waals surface area contributed by atoms with Gasteiger partial charge in [0.2, 0.25) is 11.9 Å². The lowest BCUT2D eigenvalue weighted by molar-refractivity contribution is -0.137. The second kappa shape index (κ2) is 9.44. The molecule has 7 nitrogen and oxygen atoms in total. The number of hydrogen-bond donors (Lipinski definition) is 1. The normalized spacial score (nSPS) is 15.9. The van der Waals surface area contributed by atoms with Crippen LogP contribution < -0.4 is 10.2 Å². The van der Waals surface area contributed by atoms with Gasteiger partial charge in [0.15, 0.2) is 5.16 Å². The molecule has 1 fully saturated rings. The number of carbonyl (C=O) groups excluding carboxylic acids is 1. The van der Waals surface area contributed by atoms with Crippen molar-refractivity contribution in [2.24, 2.45) is 0 Å². The molecule has 164 valence electrons. The first-order chi connectivity index (χ1) is 14.2. The highest BCUT2D eigenvalue weighted by Crippen LogP contribution is 2.36. The van der Waals surface area contributed by atoms with Crippen LogP contribution in [-0.4, -0.2) is 52.2 Å². The Morgan fingerprint density at radius 2 is 2.03 bits per heavy atom. The topological polar surface area (TPSA) is 72.3 Å². The minimum absolute atomic E-state index is 0.0233. The molecule has 3 rings (SSSR count). The van der Waals surface area contributed by atoms with Gasteiger partial charge in [0.05, 0.1) is 29.0 Å². The van der Waals surface area contributed by atoms with Crippen molar-refractivity contribution in [1.29, 1.82) is 0 Å². The van der Waals surface area contributed by atoms with Crippen molar-refractivity contribution >= 4 is 40.9 Å². The predicted octanol–water partition coefficient (Wildman–Crippen LogP) is 3.93. The Kier molecular flexibility index (Phi) is 7.14. The summed E-state index contributed by atoms with van der Waals surface area (Å²) >= 11 is 6.81. The lowest BCUT2D eigenvalue weighted by atomic mass is 10.2. The van der Waals surface area contributed by atoms with Crippen LogP contribution in [0.25, 0.3) is 0 Å². The number of halogens is 4. The van der Waals surface area contributed by atoms with Gasteiger partial charge < -0.3 is 15.0 Å². The molecule has 0 spiro atoms. The lowest BCUT2D eigenvalue weighted by Gasteiger charge is -2.27. The average molecular weight is 464 g/mol. The van der Waals surface area contributed by atoms with Crippen molar-refractivity contribution < 1.29 is 22.7 Å². The molecule has 0 bridgehead atoms. The Hall–Kier alpha value is -1.98. The molecule has 0 saturated carbocycles. The molecule has 0 radical (unpaired) electrons. The fourth-order valence-corrected chi connectivity index (χ4v) is 4.05. The van der Waals surface area contributed by atoms with Gasteiger partial charge in [0.1, 0.15) is 0 Å². The first-order valence-corrected chi connectivity index (χ1v) is 10.6. The maximum atomic E-state index is 13.0. The Morgan fingerprint density at radius 1 is 1.33 bits per heavy atom. The number of morpholine rings is 1. The number of aromatic nitrogens is 3. The SMILES string of the molecule is CCn1c(SC(C)C(=O)Nc2ccc(Cl)c(C(F)(F)F)c2)nnc1N1CCOCC1. The van der Waals surface area contributed by atoms with E-state index in [1.54, 1.807) is 6.92 Å². The fourth-order valence-electron chi connectivity index (χ4n) is 2.92. The monoisotopic (exact) mass is 463 g/mol. The maximum absolute atomic E-state index is 13.0. The van der Waals surface area contributed by atoms with Crippen LogP contribution in [0, 0.1) is 0 Å². The van der Waals surface area contributed by atoms with E-state index in [9.17, 15) is 18.0 Å². The van der Waals surface area contributed by atoms with E-state index in [1.165, 1.54) is 17.8 Å². The van der Waals surface area contributed by atoms with Crippen molar-refractivity contribution in [3.05, 3.63) is 28.8 Å². The average Bonchev–Trinajstić information content (AvgIpc) is 3.11. The Labute approximate surface area is 180 Å². The minimum atomic E-state index is -4.61. The molecule has 30 heavy (non-hydrogen) atoms. The summed E-state index contributed by atoms with van der Waals surface area (Å²) < 4.78 is 46.3. The molecular weight excluding hydrogens is 443 g/mol. The van der Waals surface area contributed by atoms with Gasteiger partial charge in [0, 0.05) is 25.3 Å². The molecule has 1 aliphatic heterocycles. The van der Waals surface area contributed by atoms with Gasteiger partial charge in [-0.2, -0.15) is 13.2 Å². The molecule has 2 heterocycles. The van der Waals surface area contributed by atoms with Crippen LogP contribution in [-0.2, 0) is 22.3 Å². The number of hydrogen-bond acceptors (Lipinski definition) is 6. The summed E-state index contributed by atoms with van der Waals surface area (Å²) in [6.07, 6.45) is -4.61. The summed E-state index contributed by atoms with van der Waals surface area (Å²) in [6, 6.07) is 3.26. The van der Waals surface area contributed by atoms with Crippen LogP contribution in [0.4, 0.5) is 24.8 Å². The number of ether oxygens (including phenoxy) is 1. The number of carbonyl (C=O) groups is 1. The van der Waals surface area contributed by atoms with Gasteiger partial charge in [-0.3, -0.25) is 9.36 Å². The molecule has 2 aromatic rings. The second-order valence-corrected chi connectivity index (χ2v) is 8.28. The molecule has 1 unspecified atom stereocenters. The Bertz CT molecular complexity index is 902. The third kappa shape index (κ3) is 5.19. The van der Waals surface area contributed by atoms with E-state index in [-0.39, 0.29) is 5.69 Å². The van der Waals surface area contributed by atoms with E-state index in [0.717, 1.165) is 12.1 Å². The maximum Gasteiger partial charge on any atom is 0.417 e. The van der Waals surface area contributed by atoms with Gasteiger partial charge in [-0.1, -0.05) is 23.4 Å². The van der Waals surface area contributed by atoms with Gasteiger partial charge in [-0.05, 0) is 32.0 Å². The van der Waals surface area contributed by atoms with Crippen LogP contribution in [0.5, 0.6) is 0 Å². The predicted molar refractivity (Wildman–Crippen MR) is 109 cm³/mol. The van der Waals surface area contributed by atoms with Gasteiger partial charge in [0.25, 0.3) is 0 Å².